The maximum absolute atomic E-state index is 13.2. The van der Waals surface area contributed by atoms with Crippen LogP contribution in [0.2, 0.25) is 0 Å². The van der Waals surface area contributed by atoms with Gasteiger partial charge in [0.1, 0.15) is 5.82 Å². The number of benzene rings is 1. The van der Waals surface area contributed by atoms with E-state index in [9.17, 15) is 4.39 Å². The Morgan fingerprint density at radius 3 is 2.83 bits per heavy atom. The third-order valence-corrected chi connectivity index (χ3v) is 2.99. The quantitative estimate of drug-likeness (QED) is 0.835. The zero-order valence-corrected chi connectivity index (χ0v) is 10.2. The Balaban J connectivity index is 1.82. The minimum absolute atomic E-state index is 0.347. The molecule has 1 heterocycles. The molecule has 1 saturated heterocycles. The lowest BCUT2D eigenvalue weighted by Gasteiger charge is -2.27. The molecule has 0 radical (unpaired) electrons. The first-order valence-corrected chi connectivity index (χ1v) is 6.15. The minimum atomic E-state index is -0.376. The van der Waals surface area contributed by atoms with Crippen LogP contribution in [0.1, 0.15) is 5.56 Å². The number of piperazine rings is 1. The number of halogens is 1. The van der Waals surface area contributed by atoms with Crippen LogP contribution in [-0.4, -0.2) is 44.2 Å². The minimum Gasteiger partial charge on any atom is -0.384 e. The number of anilines is 1. The highest BCUT2D eigenvalue weighted by molar-refractivity contribution is 5.49. The molecule has 0 unspecified atom stereocenters. The first-order valence-electron chi connectivity index (χ1n) is 6.15. The van der Waals surface area contributed by atoms with Gasteiger partial charge in [0.2, 0.25) is 0 Å². The molecule has 0 spiro atoms. The smallest absolute Gasteiger partial charge is 0.126 e. The van der Waals surface area contributed by atoms with Gasteiger partial charge in [-0.25, -0.2) is 4.39 Å². The zero-order chi connectivity index (χ0) is 12.8. The van der Waals surface area contributed by atoms with Crippen molar-refractivity contribution in [3.05, 3.63) is 29.6 Å². The summed E-state index contributed by atoms with van der Waals surface area (Å²) in [7, 11) is 0. The van der Waals surface area contributed by atoms with E-state index >= 15 is 0 Å². The second-order valence-electron chi connectivity index (χ2n) is 4.36. The number of rotatable bonds is 4. The molecule has 0 bridgehead atoms. The zero-order valence-electron chi connectivity index (χ0n) is 10.2. The van der Waals surface area contributed by atoms with E-state index in [0.29, 0.717) is 11.3 Å². The van der Waals surface area contributed by atoms with Gasteiger partial charge in [-0.05, 0) is 18.2 Å². The molecule has 5 heteroatoms. The maximum atomic E-state index is 13.2. The molecule has 0 aliphatic carbocycles. The first kappa shape index (κ1) is 12.8. The number of nitrogens with zero attached hydrogens (tertiary/aromatic N) is 2. The molecule has 1 aliphatic rings. The highest BCUT2D eigenvalue weighted by atomic mass is 19.1. The van der Waals surface area contributed by atoms with Crippen LogP contribution in [-0.2, 0) is 0 Å². The van der Waals surface area contributed by atoms with Gasteiger partial charge in [0, 0.05) is 45.0 Å². The van der Waals surface area contributed by atoms with Gasteiger partial charge in [-0.1, -0.05) is 0 Å². The average molecular weight is 248 g/mol. The molecule has 4 nitrogen and oxygen atoms in total. The Morgan fingerprint density at radius 1 is 1.33 bits per heavy atom. The van der Waals surface area contributed by atoms with Gasteiger partial charge in [-0.3, -0.25) is 4.90 Å². The van der Waals surface area contributed by atoms with Crippen molar-refractivity contribution in [2.45, 2.75) is 0 Å². The van der Waals surface area contributed by atoms with E-state index in [1.54, 1.807) is 6.07 Å². The summed E-state index contributed by atoms with van der Waals surface area (Å²) in [6.07, 6.45) is 0. The first-order chi connectivity index (χ1) is 8.78. The third-order valence-electron chi connectivity index (χ3n) is 2.99. The summed E-state index contributed by atoms with van der Waals surface area (Å²) in [4.78, 5) is 2.36. The summed E-state index contributed by atoms with van der Waals surface area (Å²) in [6, 6.07) is 6.27. The molecule has 2 rings (SSSR count). The highest BCUT2D eigenvalue weighted by Gasteiger charge is 2.08. The molecule has 1 aromatic rings. The van der Waals surface area contributed by atoms with Crippen LogP contribution in [0.25, 0.3) is 0 Å². The fourth-order valence-electron chi connectivity index (χ4n) is 2.05. The van der Waals surface area contributed by atoms with Crippen molar-refractivity contribution in [1.29, 1.82) is 5.26 Å². The molecule has 18 heavy (non-hydrogen) atoms. The van der Waals surface area contributed by atoms with E-state index in [-0.39, 0.29) is 5.82 Å². The summed E-state index contributed by atoms with van der Waals surface area (Å²) >= 11 is 0. The van der Waals surface area contributed by atoms with E-state index in [2.05, 4.69) is 15.5 Å². The molecule has 0 atom stereocenters. The van der Waals surface area contributed by atoms with Gasteiger partial charge in [0.15, 0.2) is 0 Å². The Labute approximate surface area is 106 Å². The van der Waals surface area contributed by atoms with Crippen LogP contribution in [0.5, 0.6) is 0 Å². The lowest BCUT2D eigenvalue weighted by Crippen LogP contribution is -2.45. The van der Waals surface area contributed by atoms with Gasteiger partial charge >= 0.3 is 0 Å². The molecule has 0 amide bonds. The number of nitriles is 1. The average Bonchev–Trinajstić information content (AvgIpc) is 2.39. The Hall–Kier alpha value is -1.64. The van der Waals surface area contributed by atoms with Gasteiger partial charge in [0.25, 0.3) is 0 Å². The maximum Gasteiger partial charge on any atom is 0.126 e. The molecular formula is C13H17FN4. The van der Waals surface area contributed by atoms with Crippen molar-refractivity contribution in [3.8, 4) is 6.07 Å². The summed E-state index contributed by atoms with van der Waals surface area (Å²) in [5.41, 5.74) is 1.02. The second kappa shape index (κ2) is 6.34. The molecule has 2 N–H and O–H groups in total. The number of hydrogen-bond acceptors (Lipinski definition) is 4. The SMILES string of the molecule is N#Cc1cc(F)cc(NCCN2CCNCC2)c1. The summed E-state index contributed by atoms with van der Waals surface area (Å²) in [5, 5.41) is 15.2. The van der Waals surface area contributed by atoms with Gasteiger partial charge in [-0.15, -0.1) is 0 Å². The van der Waals surface area contributed by atoms with Crippen molar-refractivity contribution in [2.24, 2.45) is 0 Å². The van der Waals surface area contributed by atoms with Crippen molar-refractivity contribution >= 4 is 5.69 Å². The Bertz CT molecular complexity index is 435. The van der Waals surface area contributed by atoms with Crippen LogP contribution in [0, 0.1) is 17.1 Å². The van der Waals surface area contributed by atoms with Gasteiger partial charge in [-0.2, -0.15) is 5.26 Å². The van der Waals surface area contributed by atoms with Crippen LogP contribution < -0.4 is 10.6 Å². The van der Waals surface area contributed by atoms with Crippen molar-refractivity contribution < 1.29 is 4.39 Å². The van der Waals surface area contributed by atoms with Crippen molar-refractivity contribution in [1.82, 2.24) is 10.2 Å². The summed E-state index contributed by atoms with van der Waals surface area (Å²) in [6.45, 7) is 5.84. The molecule has 96 valence electrons. The van der Waals surface area contributed by atoms with Gasteiger partial charge in [0.05, 0.1) is 11.6 Å². The lowest BCUT2D eigenvalue weighted by molar-refractivity contribution is 0.249. The van der Waals surface area contributed by atoms with E-state index in [0.717, 1.165) is 39.3 Å². The standard InChI is InChI=1S/C13H17FN4/c14-12-7-11(10-15)8-13(9-12)17-3-6-18-4-1-16-2-5-18/h7-9,16-17H,1-6H2. The Morgan fingerprint density at radius 2 is 2.11 bits per heavy atom. The van der Waals surface area contributed by atoms with Gasteiger partial charge < -0.3 is 10.6 Å². The molecular weight excluding hydrogens is 231 g/mol. The summed E-state index contributed by atoms with van der Waals surface area (Å²) in [5.74, 6) is -0.376. The predicted molar refractivity (Wildman–Crippen MR) is 68.9 cm³/mol. The molecule has 0 aromatic heterocycles. The van der Waals surface area contributed by atoms with Crippen molar-refractivity contribution in [2.75, 3.05) is 44.6 Å². The van der Waals surface area contributed by atoms with E-state index in [1.165, 1.54) is 12.1 Å². The Kier molecular flexibility index (Phi) is 4.51. The van der Waals surface area contributed by atoms with Crippen LogP contribution in [0.15, 0.2) is 18.2 Å². The van der Waals surface area contributed by atoms with Crippen LogP contribution in [0.4, 0.5) is 10.1 Å². The highest BCUT2D eigenvalue weighted by Crippen LogP contribution is 2.13. The van der Waals surface area contributed by atoms with Crippen LogP contribution >= 0.6 is 0 Å². The molecule has 0 saturated carbocycles. The molecule has 1 aromatic carbocycles. The molecule has 1 fully saturated rings. The third kappa shape index (κ3) is 3.69. The van der Waals surface area contributed by atoms with E-state index < -0.39 is 0 Å². The topological polar surface area (TPSA) is 51.1 Å². The molecule has 1 aliphatic heterocycles. The lowest BCUT2D eigenvalue weighted by atomic mass is 10.2. The van der Waals surface area contributed by atoms with Crippen LogP contribution in [0.3, 0.4) is 0 Å². The monoisotopic (exact) mass is 248 g/mol. The number of nitrogens with one attached hydrogen (secondary N) is 2. The normalized spacial score (nSPS) is 16.2. The number of hydrogen-bond donors (Lipinski definition) is 2. The van der Waals surface area contributed by atoms with Crippen molar-refractivity contribution in [3.63, 3.8) is 0 Å². The summed E-state index contributed by atoms with van der Waals surface area (Å²) < 4.78 is 13.2. The second-order valence-corrected chi connectivity index (χ2v) is 4.36. The van der Waals surface area contributed by atoms with E-state index in [1.807, 2.05) is 6.07 Å². The predicted octanol–water partition coefficient (Wildman–Crippen LogP) is 1.01. The fourth-order valence-corrected chi connectivity index (χ4v) is 2.05. The van der Waals surface area contributed by atoms with E-state index in [4.69, 9.17) is 5.26 Å². The fraction of sp³-hybridized carbons (Fsp3) is 0.462. The largest absolute Gasteiger partial charge is 0.384 e.